The van der Waals surface area contributed by atoms with Gasteiger partial charge in [0, 0.05) is 0 Å². The fourth-order valence-corrected chi connectivity index (χ4v) is 0.959. The molecule has 0 radical (unpaired) electrons. The van der Waals surface area contributed by atoms with Crippen molar-refractivity contribution in [2.24, 2.45) is 0 Å². The normalized spacial score (nSPS) is 10.7. The first-order chi connectivity index (χ1) is 7.39. The van der Waals surface area contributed by atoms with Crippen LogP contribution >= 0.6 is 0 Å². The summed E-state index contributed by atoms with van der Waals surface area (Å²) in [6.07, 6.45) is -4.15. The van der Waals surface area contributed by atoms with Crippen molar-refractivity contribution < 1.29 is 22.6 Å². The van der Waals surface area contributed by atoms with Gasteiger partial charge in [-0.3, -0.25) is 0 Å². The zero-order chi connectivity index (χ0) is 12.3. The Labute approximate surface area is 88.2 Å². The molecule has 0 aliphatic heterocycles. The molecule has 0 spiro atoms. The van der Waals surface area contributed by atoms with Gasteiger partial charge in [0.05, 0.1) is 19.0 Å². The van der Waals surface area contributed by atoms with Crippen LogP contribution in [0.15, 0.2) is 6.20 Å². The standard InChI is InChI=1S/C8H6F3N3O2/c1-15-7-4(2-12)6(13)5(3-14-7)16-8(9,10)11/h3H,1H3,(H2,13,14). The quantitative estimate of drug-likeness (QED) is 0.835. The lowest BCUT2D eigenvalue weighted by atomic mass is 10.2. The van der Waals surface area contributed by atoms with E-state index in [1.165, 1.54) is 7.11 Å². The molecule has 2 N–H and O–H groups in total. The molecule has 0 saturated heterocycles. The van der Waals surface area contributed by atoms with Gasteiger partial charge in [-0.15, -0.1) is 13.2 Å². The van der Waals surface area contributed by atoms with E-state index in [2.05, 4.69) is 14.5 Å². The van der Waals surface area contributed by atoms with Crippen LogP contribution in [0.25, 0.3) is 0 Å². The van der Waals surface area contributed by atoms with Crippen LogP contribution in [0, 0.1) is 11.3 Å². The van der Waals surface area contributed by atoms with Crippen LogP contribution in [0.4, 0.5) is 18.9 Å². The Bertz CT molecular complexity index is 439. The molecule has 1 aromatic heterocycles. The van der Waals surface area contributed by atoms with Gasteiger partial charge in [-0.25, -0.2) is 4.98 Å². The maximum atomic E-state index is 11.9. The highest BCUT2D eigenvalue weighted by molar-refractivity contribution is 5.65. The minimum atomic E-state index is -4.89. The smallest absolute Gasteiger partial charge is 0.480 e. The molecule has 0 amide bonds. The van der Waals surface area contributed by atoms with Gasteiger partial charge in [-0.2, -0.15) is 5.26 Å². The molecule has 5 nitrogen and oxygen atoms in total. The predicted molar refractivity (Wildman–Crippen MR) is 46.6 cm³/mol. The van der Waals surface area contributed by atoms with Crippen LogP contribution < -0.4 is 15.2 Å². The van der Waals surface area contributed by atoms with Crippen LogP contribution in [0.5, 0.6) is 11.6 Å². The summed E-state index contributed by atoms with van der Waals surface area (Å²) in [4.78, 5) is 3.46. The molecule has 0 atom stereocenters. The number of ether oxygens (including phenoxy) is 2. The largest absolute Gasteiger partial charge is 0.573 e. The second-order valence-electron chi connectivity index (χ2n) is 2.58. The maximum absolute atomic E-state index is 11.9. The second kappa shape index (κ2) is 4.14. The molecule has 0 bridgehead atoms. The van der Waals surface area contributed by atoms with E-state index < -0.39 is 17.8 Å². The summed E-state index contributed by atoms with van der Waals surface area (Å²) in [6, 6.07) is 1.58. The molecule has 0 aromatic carbocycles. The summed E-state index contributed by atoms with van der Waals surface area (Å²) < 4.78 is 44.0. The number of pyridine rings is 1. The van der Waals surface area contributed by atoms with Crippen LogP contribution in [0.2, 0.25) is 0 Å². The monoisotopic (exact) mass is 233 g/mol. The Balaban J connectivity index is 3.21. The van der Waals surface area contributed by atoms with E-state index in [0.717, 1.165) is 6.20 Å². The SMILES string of the molecule is COc1ncc(OC(F)(F)F)c(N)c1C#N. The van der Waals surface area contributed by atoms with Gasteiger partial charge in [0.2, 0.25) is 5.88 Å². The predicted octanol–water partition coefficient (Wildman–Crippen LogP) is 1.44. The molecule has 86 valence electrons. The first-order valence-corrected chi connectivity index (χ1v) is 3.87. The highest BCUT2D eigenvalue weighted by atomic mass is 19.4. The van der Waals surface area contributed by atoms with Crippen molar-refractivity contribution in [3.8, 4) is 17.7 Å². The number of methoxy groups -OCH3 is 1. The number of hydrogen-bond acceptors (Lipinski definition) is 5. The number of nitrogens with zero attached hydrogens (tertiary/aromatic N) is 2. The van der Waals surface area contributed by atoms with Crippen molar-refractivity contribution >= 4 is 5.69 Å². The maximum Gasteiger partial charge on any atom is 0.573 e. The third kappa shape index (κ3) is 2.44. The number of nitriles is 1. The molecular formula is C8H6F3N3O2. The van der Waals surface area contributed by atoms with Gasteiger partial charge in [0.15, 0.2) is 5.75 Å². The first kappa shape index (κ1) is 11.9. The van der Waals surface area contributed by atoms with Gasteiger partial charge in [0.25, 0.3) is 0 Å². The number of halogens is 3. The molecule has 0 aliphatic carbocycles. The molecule has 1 heterocycles. The van der Waals surface area contributed by atoms with Gasteiger partial charge in [0.1, 0.15) is 11.6 Å². The van der Waals surface area contributed by atoms with Crippen LogP contribution in [-0.2, 0) is 0 Å². The average Bonchev–Trinajstić information content (AvgIpc) is 2.19. The molecule has 0 fully saturated rings. The van der Waals surface area contributed by atoms with Crippen LogP contribution in [-0.4, -0.2) is 18.5 Å². The summed E-state index contributed by atoms with van der Waals surface area (Å²) in [5.41, 5.74) is 4.54. The van der Waals surface area contributed by atoms with Crippen molar-refractivity contribution in [1.82, 2.24) is 4.98 Å². The van der Waals surface area contributed by atoms with Crippen LogP contribution in [0.1, 0.15) is 5.56 Å². The van der Waals surface area contributed by atoms with E-state index in [-0.39, 0.29) is 11.4 Å². The fraction of sp³-hybridized carbons (Fsp3) is 0.250. The van der Waals surface area contributed by atoms with E-state index in [4.69, 9.17) is 11.0 Å². The molecular weight excluding hydrogens is 227 g/mol. The Kier molecular flexibility index (Phi) is 3.08. The molecule has 0 unspecified atom stereocenters. The van der Waals surface area contributed by atoms with Gasteiger partial charge in [-0.05, 0) is 0 Å². The number of nitrogen functional groups attached to an aromatic ring is 1. The molecule has 1 aromatic rings. The van der Waals surface area contributed by atoms with E-state index in [1.807, 2.05) is 0 Å². The third-order valence-electron chi connectivity index (χ3n) is 1.58. The Morgan fingerprint density at radius 1 is 1.50 bits per heavy atom. The molecule has 0 saturated carbocycles. The Morgan fingerprint density at radius 3 is 2.56 bits per heavy atom. The van der Waals surface area contributed by atoms with Crippen molar-refractivity contribution in [1.29, 1.82) is 5.26 Å². The number of aromatic nitrogens is 1. The highest BCUT2D eigenvalue weighted by Gasteiger charge is 2.33. The minimum absolute atomic E-state index is 0.158. The molecule has 0 aliphatic rings. The fourth-order valence-electron chi connectivity index (χ4n) is 0.959. The summed E-state index contributed by atoms with van der Waals surface area (Å²) in [5.74, 6) is -0.889. The van der Waals surface area contributed by atoms with Crippen molar-refractivity contribution in [3.05, 3.63) is 11.8 Å². The second-order valence-corrected chi connectivity index (χ2v) is 2.58. The van der Waals surface area contributed by atoms with Crippen molar-refractivity contribution in [2.75, 3.05) is 12.8 Å². The number of alkyl halides is 3. The summed E-state index contributed by atoms with van der Waals surface area (Å²) in [7, 11) is 1.22. The zero-order valence-corrected chi connectivity index (χ0v) is 8.00. The van der Waals surface area contributed by atoms with E-state index in [9.17, 15) is 13.2 Å². The highest BCUT2D eigenvalue weighted by Crippen LogP contribution is 2.33. The van der Waals surface area contributed by atoms with Crippen molar-refractivity contribution in [2.45, 2.75) is 6.36 Å². The topological polar surface area (TPSA) is 81.2 Å². The number of anilines is 1. The van der Waals surface area contributed by atoms with Crippen molar-refractivity contribution in [3.63, 3.8) is 0 Å². The van der Waals surface area contributed by atoms with E-state index in [0.29, 0.717) is 0 Å². The molecule has 16 heavy (non-hydrogen) atoms. The van der Waals surface area contributed by atoms with E-state index in [1.54, 1.807) is 6.07 Å². The van der Waals surface area contributed by atoms with E-state index >= 15 is 0 Å². The Hall–Kier alpha value is -2.17. The Morgan fingerprint density at radius 2 is 2.12 bits per heavy atom. The minimum Gasteiger partial charge on any atom is -0.480 e. The van der Waals surface area contributed by atoms with Gasteiger partial charge >= 0.3 is 6.36 Å². The zero-order valence-electron chi connectivity index (χ0n) is 8.00. The number of nitrogens with two attached hydrogens (primary N) is 1. The molecule has 1 rings (SSSR count). The first-order valence-electron chi connectivity index (χ1n) is 3.87. The third-order valence-corrected chi connectivity index (χ3v) is 1.58. The number of rotatable bonds is 2. The van der Waals surface area contributed by atoms with Gasteiger partial charge < -0.3 is 15.2 Å². The van der Waals surface area contributed by atoms with Gasteiger partial charge in [-0.1, -0.05) is 0 Å². The summed E-state index contributed by atoms with van der Waals surface area (Å²) >= 11 is 0. The summed E-state index contributed by atoms with van der Waals surface area (Å²) in [5, 5.41) is 8.67. The van der Waals surface area contributed by atoms with Crippen LogP contribution in [0.3, 0.4) is 0 Å². The number of hydrogen-bond donors (Lipinski definition) is 1. The summed E-state index contributed by atoms with van der Waals surface area (Å²) in [6.45, 7) is 0. The lowest BCUT2D eigenvalue weighted by Crippen LogP contribution is -2.18. The average molecular weight is 233 g/mol. The molecule has 8 heteroatoms. The lowest BCUT2D eigenvalue weighted by Gasteiger charge is -2.12. The lowest BCUT2D eigenvalue weighted by molar-refractivity contribution is -0.274.